The zero-order valence-electron chi connectivity index (χ0n) is 13.4. The molecule has 120 valence electrons. The van der Waals surface area contributed by atoms with Crippen LogP contribution < -0.4 is 5.32 Å². The Morgan fingerprint density at radius 3 is 2.41 bits per heavy atom. The van der Waals surface area contributed by atoms with Crippen molar-refractivity contribution in [2.24, 2.45) is 5.92 Å². The molecule has 2 N–H and O–H groups in total. The lowest BCUT2D eigenvalue weighted by atomic mass is 10.0. The van der Waals surface area contributed by atoms with Crippen LogP contribution >= 0.6 is 0 Å². The number of hydrogen-bond donors (Lipinski definition) is 2. The first-order valence-corrected chi connectivity index (χ1v) is 7.72. The highest BCUT2D eigenvalue weighted by Crippen LogP contribution is 2.22. The number of Topliss-reactive ketones (excluding diaryl/α,β-unsaturated/α-hetero) is 1. The van der Waals surface area contributed by atoms with Crippen molar-refractivity contribution in [3.63, 3.8) is 0 Å². The van der Waals surface area contributed by atoms with Crippen molar-refractivity contribution in [3.05, 3.63) is 29.8 Å². The fourth-order valence-electron chi connectivity index (χ4n) is 2.76. The Balaban J connectivity index is 1.93. The number of amides is 1. The van der Waals surface area contributed by atoms with Gasteiger partial charge in [0.1, 0.15) is 0 Å². The zero-order valence-corrected chi connectivity index (χ0v) is 13.4. The van der Waals surface area contributed by atoms with Gasteiger partial charge in [-0.2, -0.15) is 0 Å². The maximum absolute atomic E-state index is 12.3. The highest BCUT2D eigenvalue weighted by molar-refractivity contribution is 5.96. The summed E-state index contributed by atoms with van der Waals surface area (Å²) in [5.74, 6) is 0.180. The van der Waals surface area contributed by atoms with Crippen molar-refractivity contribution in [1.82, 2.24) is 4.90 Å². The molecule has 0 radical (unpaired) electrons. The number of nitrogens with zero attached hydrogens (tertiary/aromatic N) is 1. The van der Waals surface area contributed by atoms with Crippen LogP contribution in [0.2, 0.25) is 0 Å². The van der Waals surface area contributed by atoms with Crippen molar-refractivity contribution in [2.45, 2.75) is 39.3 Å². The molecular weight excluding hydrogens is 280 g/mol. The molecule has 0 bridgehead atoms. The molecule has 1 aromatic rings. The van der Waals surface area contributed by atoms with Crippen LogP contribution in [0.5, 0.6) is 0 Å². The molecule has 1 heterocycles. The Morgan fingerprint density at radius 1 is 1.27 bits per heavy atom. The van der Waals surface area contributed by atoms with E-state index in [1.807, 2.05) is 6.92 Å². The number of hydrogen-bond acceptors (Lipinski definition) is 4. The molecule has 0 aromatic heterocycles. The maximum Gasteiger partial charge on any atom is 0.241 e. The third-order valence-electron chi connectivity index (χ3n) is 4.42. The third-order valence-corrected chi connectivity index (χ3v) is 4.42. The quantitative estimate of drug-likeness (QED) is 0.815. The van der Waals surface area contributed by atoms with Crippen LogP contribution in [0.1, 0.15) is 37.6 Å². The van der Waals surface area contributed by atoms with Gasteiger partial charge in [-0.3, -0.25) is 14.5 Å². The van der Waals surface area contributed by atoms with Crippen LogP contribution in [-0.4, -0.2) is 46.9 Å². The Hall–Kier alpha value is -1.72. The first-order chi connectivity index (χ1) is 10.4. The number of rotatable bonds is 5. The average molecular weight is 304 g/mol. The molecule has 22 heavy (non-hydrogen) atoms. The number of aliphatic hydroxyl groups excluding tert-OH is 1. The monoisotopic (exact) mass is 304 g/mol. The Kier molecular flexibility index (Phi) is 5.32. The molecule has 3 unspecified atom stereocenters. The Bertz CT molecular complexity index is 539. The lowest BCUT2D eigenvalue weighted by Crippen LogP contribution is -2.41. The molecule has 0 saturated carbocycles. The van der Waals surface area contributed by atoms with Crippen LogP contribution in [0, 0.1) is 5.92 Å². The van der Waals surface area contributed by atoms with Gasteiger partial charge in [0.25, 0.3) is 0 Å². The second-order valence-corrected chi connectivity index (χ2v) is 6.08. The summed E-state index contributed by atoms with van der Waals surface area (Å²) in [6.07, 6.45) is 0.585. The van der Waals surface area contributed by atoms with Gasteiger partial charge in [0.15, 0.2) is 5.78 Å². The SMILES string of the molecule is CC(=O)c1ccc(NC(=O)C(C)N2CCC(C(C)O)C2)cc1. The van der Waals surface area contributed by atoms with E-state index >= 15 is 0 Å². The second kappa shape index (κ2) is 7.03. The highest BCUT2D eigenvalue weighted by Gasteiger charge is 2.31. The minimum Gasteiger partial charge on any atom is -0.393 e. The summed E-state index contributed by atoms with van der Waals surface area (Å²) in [6.45, 7) is 6.77. The predicted molar refractivity (Wildman–Crippen MR) is 85.9 cm³/mol. The minimum absolute atomic E-state index is 0.00692. The minimum atomic E-state index is -0.334. The van der Waals surface area contributed by atoms with Gasteiger partial charge in [-0.25, -0.2) is 0 Å². The lowest BCUT2D eigenvalue weighted by Gasteiger charge is -2.24. The van der Waals surface area contributed by atoms with E-state index in [2.05, 4.69) is 10.2 Å². The van der Waals surface area contributed by atoms with E-state index in [0.717, 1.165) is 19.5 Å². The van der Waals surface area contributed by atoms with Gasteiger partial charge in [-0.15, -0.1) is 0 Å². The number of aliphatic hydroxyl groups is 1. The first kappa shape index (κ1) is 16.6. The van der Waals surface area contributed by atoms with Crippen LogP contribution in [0.4, 0.5) is 5.69 Å². The summed E-state index contributed by atoms with van der Waals surface area (Å²) < 4.78 is 0. The van der Waals surface area contributed by atoms with Crippen LogP contribution in [-0.2, 0) is 4.79 Å². The molecule has 2 rings (SSSR count). The van der Waals surface area contributed by atoms with Crippen molar-refractivity contribution < 1.29 is 14.7 Å². The largest absolute Gasteiger partial charge is 0.393 e. The van der Waals surface area contributed by atoms with Crippen molar-refractivity contribution >= 4 is 17.4 Å². The van der Waals surface area contributed by atoms with Gasteiger partial charge in [-0.05, 0) is 63.9 Å². The lowest BCUT2D eigenvalue weighted by molar-refractivity contribution is -0.120. The van der Waals surface area contributed by atoms with Crippen LogP contribution in [0.25, 0.3) is 0 Å². The second-order valence-electron chi connectivity index (χ2n) is 6.08. The van der Waals surface area contributed by atoms with Gasteiger partial charge in [-0.1, -0.05) is 0 Å². The molecule has 1 fully saturated rings. The number of likely N-dealkylation sites (tertiary alicyclic amines) is 1. The number of carbonyl (C=O) groups is 2. The number of ketones is 1. The summed E-state index contributed by atoms with van der Waals surface area (Å²) in [4.78, 5) is 25.6. The Labute approximate surface area is 131 Å². The topological polar surface area (TPSA) is 69.6 Å². The van der Waals surface area contributed by atoms with Gasteiger partial charge in [0.2, 0.25) is 5.91 Å². The molecule has 5 nitrogen and oxygen atoms in total. The summed E-state index contributed by atoms with van der Waals surface area (Å²) in [6, 6.07) is 6.66. The fourth-order valence-corrected chi connectivity index (χ4v) is 2.76. The van der Waals surface area contributed by atoms with Gasteiger partial charge < -0.3 is 10.4 Å². The van der Waals surface area contributed by atoms with Crippen LogP contribution in [0.3, 0.4) is 0 Å². The van der Waals surface area contributed by atoms with E-state index in [-0.39, 0.29) is 29.8 Å². The normalized spacial score (nSPS) is 21.4. The van der Waals surface area contributed by atoms with E-state index in [0.29, 0.717) is 11.3 Å². The number of carbonyl (C=O) groups excluding carboxylic acids is 2. The standard InChI is InChI=1S/C17H24N2O3/c1-11(19-9-8-15(10-19)13(3)21)17(22)18-16-6-4-14(5-7-16)12(2)20/h4-7,11,13,15,21H,8-10H2,1-3H3,(H,18,22). The number of benzene rings is 1. The smallest absolute Gasteiger partial charge is 0.241 e. The van der Waals surface area contributed by atoms with E-state index < -0.39 is 0 Å². The molecule has 0 spiro atoms. The highest BCUT2D eigenvalue weighted by atomic mass is 16.3. The first-order valence-electron chi connectivity index (χ1n) is 7.72. The maximum atomic E-state index is 12.3. The summed E-state index contributed by atoms with van der Waals surface area (Å²) in [5.41, 5.74) is 1.32. The van der Waals surface area contributed by atoms with E-state index in [4.69, 9.17) is 0 Å². The van der Waals surface area contributed by atoms with Gasteiger partial charge >= 0.3 is 0 Å². The van der Waals surface area contributed by atoms with Crippen molar-refractivity contribution in [3.8, 4) is 0 Å². The molecule has 3 atom stereocenters. The average Bonchev–Trinajstić information content (AvgIpc) is 2.97. The molecule has 5 heteroatoms. The summed E-state index contributed by atoms with van der Waals surface area (Å²) in [5, 5.41) is 12.5. The fraction of sp³-hybridized carbons (Fsp3) is 0.529. The van der Waals surface area contributed by atoms with Gasteiger partial charge in [0, 0.05) is 17.8 Å². The number of anilines is 1. The molecule has 1 aliphatic heterocycles. The third kappa shape index (κ3) is 3.93. The van der Waals surface area contributed by atoms with E-state index in [9.17, 15) is 14.7 Å². The Morgan fingerprint density at radius 2 is 1.91 bits per heavy atom. The van der Waals surface area contributed by atoms with Crippen molar-refractivity contribution in [1.29, 1.82) is 0 Å². The molecule has 1 saturated heterocycles. The van der Waals surface area contributed by atoms with E-state index in [1.54, 1.807) is 31.2 Å². The molecule has 1 amide bonds. The molecular formula is C17H24N2O3. The number of nitrogens with one attached hydrogen (secondary N) is 1. The summed E-state index contributed by atoms with van der Waals surface area (Å²) >= 11 is 0. The molecule has 1 aliphatic rings. The zero-order chi connectivity index (χ0) is 16.3. The molecule has 1 aromatic carbocycles. The van der Waals surface area contributed by atoms with Crippen LogP contribution in [0.15, 0.2) is 24.3 Å². The molecule has 0 aliphatic carbocycles. The summed E-state index contributed by atoms with van der Waals surface area (Å²) in [7, 11) is 0. The van der Waals surface area contributed by atoms with Crippen molar-refractivity contribution in [2.75, 3.05) is 18.4 Å². The van der Waals surface area contributed by atoms with Gasteiger partial charge in [0.05, 0.1) is 12.1 Å². The van der Waals surface area contributed by atoms with E-state index in [1.165, 1.54) is 6.92 Å². The predicted octanol–water partition coefficient (Wildman–Crippen LogP) is 1.92.